The van der Waals surface area contributed by atoms with Crippen LogP contribution in [0.3, 0.4) is 0 Å². The second-order valence-electron chi connectivity index (χ2n) is 8.94. The molecule has 1 fully saturated rings. The van der Waals surface area contributed by atoms with Gasteiger partial charge in [0.1, 0.15) is 11.8 Å². The van der Waals surface area contributed by atoms with E-state index in [4.69, 9.17) is 4.74 Å². The van der Waals surface area contributed by atoms with Crippen LogP contribution >= 0.6 is 15.9 Å². The van der Waals surface area contributed by atoms with E-state index in [0.717, 1.165) is 41.5 Å². The van der Waals surface area contributed by atoms with Crippen molar-refractivity contribution in [1.29, 1.82) is 0 Å². The number of rotatable bonds is 10. The van der Waals surface area contributed by atoms with Crippen molar-refractivity contribution < 1.29 is 14.3 Å². The summed E-state index contributed by atoms with van der Waals surface area (Å²) in [6.45, 7) is 4.73. The van der Waals surface area contributed by atoms with Crippen molar-refractivity contribution in [2.75, 3.05) is 6.61 Å². The van der Waals surface area contributed by atoms with Gasteiger partial charge in [-0.3, -0.25) is 9.59 Å². The standard InChI is InChI=1S/C27H35BrN2O3/c1-20-13-15-25(16-14-20)33-17-7-12-26(31)30(19-22-8-6-9-23(28)18-22)21(2)27(32)29-24-10-4-3-5-11-24/h6,8-9,13-16,18,21,24H,3-5,7,10-12,17,19H2,1-2H3,(H,29,32). The molecule has 0 radical (unpaired) electrons. The zero-order valence-electron chi connectivity index (χ0n) is 19.7. The van der Waals surface area contributed by atoms with Crippen molar-refractivity contribution in [1.82, 2.24) is 10.2 Å². The molecule has 1 unspecified atom stereocenters. The third-order valence-electron chi connectivity index (χ3n) is 6.19. The van der Waals surface area contributed by atoms with Gasteiger partial charge >= 0.3 is 0 Å². The van der Waals surface area contributed by atoms with E-state index in [0.29, 0.717) is 26.0 Å². The molecule has 0 heterocycles. The van der Waals surface area contributed by atoms with Gasteiger partial charge in [0.25, 0.3) is 0 Å². The van der Waals surface area contributed by atoms with Crippen molar-refractivity contribution in [3.63, 3.8) is 0 Å². The lowest BCUT2D eigenvalue weighted by Gasteiger charge is -2.31. The first-order chi connectivity index (χ1) is 15.9. The lowest BCUT2D eigenvalue weighted by Crippen LogP contribution is -2.50. The van der Waals surface area contributed by atoms with Gasteiger partial charge < -0.3 is 15.0 Å². The fourth-order valence-corrected chi connectivity index (χ4v) is 4.62. The van der Waals surface area contributed by atoms with Crippen LogP contribution in [0.4, 0.5) is 0 Å². The summed E-state index contributed by atoms with van der Waals surface area (Å²) < 4.78 is 6.73. The average molecular weight is 515 g/mol. The molecule has 2 aromatic carbocycles. The summed E-state index contributed by atoms with van der Waals surface area (Å²) in [5.41, 5.74) is 2.17. The van der Waals surface area contributed by atoms with Crippen molar-refractivity contribution in [3.05, 3.63) is 64.1 Å². The summed E-state index contributed by atoms with van der Waals surface area (Å²) in [7, 11) is 0. The number of carbonyl (C=O) groups excluding carboxylic acids is 2. The fourth-order valence-electron chi connectivity index (χ4n) is 4.17. The average Bonchev–Trinajstić information content (AvgIpc) is 2.81. The van der Waals surface area contributed by atoms with Crippen LogP contribution in [0.25, 0.3) is 0 Å². The molecule has 5 nitrogen and oxygen atoms in total. The maximum Gasteiger partial charge on any atom is 0.242 e. The van der Waals surface area contributed by atoms with Gasteiger partial charge in [0.15, 0.2) is 0 Å². The third-order valence-corrected chi connectivity index (χ3v) is 6.68. The Bertz CT molecular complexity index is 910. The number of hydrogen-bond donors (Lipinski definition) is 1. The van der Waals surface area contributed by atoms with Gasteiger partial charge in [0, 0.05) is 23.5 Å². The topological polar surface area (TPSA) is 58.6 Å². The van der Waals surface area contributed by atoms with Gasteiger partial charge in [-0.05, 0) is 62.9 Å². The monoisotopic (exact) mass is 514 g/mol. The number of hydrogen-bond acceptors (Lipinski definition) is 3. The van der Waals surface area contributed by atoms with Gasteiger partial charge in [-0.1, -0.05) is 65.0 Å². The quantitative estimate of drug-likeness (QED) is 0.408. The first-order valence-corrected chi connectivity index (χ1v) is 12.8. The molecule has 3 rings (SSSR count). The maximum absolute atomic E-state index is 13.2. The molecular weight excluding hydrogens is 480 g/mol. The Morgan fingerprint density at radius 2 is 1.85 bits per heavy atom. The number of nitrogens with one attached hydrogen (secondary N) is 1. The van der Waals surface area contributed by atoms with E-state index < -0.39 is 6.04 Å². The molecule has 178 valence electrons. The molecule has 0 spiro atoms. The lowest BCUT2D eigenvalue weighted by molar-refractivity contribution is -0.141. The zero-order valence-corrected chi connectivity index (χ0v) is 21.3. The molecule has 0 bridgehead atoms. The van der Waals surface area contributed by atoms with Crippen LogP contribution in [0.1, 0.15) is 63.0 Å². The van der Waals surface area contributed by atoms with Gasteiger partial charge in [-0.25, -0.2) is 0 Å². The van der Waals surface area contributed by atoms with Crippen LogP contribution in [0.2, 0.25) is 0 Å². The van der Waals surface area contributed by atoms with E-state index in [9.17, 15) is 9.59 Å². The third kappa shape index (κ3) is 8.18. The number of amides is 2. The van der Waals surface area contributed by atoms with E-state index in [1.807, 2.05) is 62.4 Å². The van der Waals surface area contributed by atoms with Crippen molar-refractivity contribution in [3.8, 4) is 5.75 Å². The largest absolute Gasteiger partial charge is 0.494 e. The molecule has 1 atom stereocenters. The summed E-state index contributed by atoms with van der Waals surface area (Å²) in [6, 6.07) is 15.5. The van der Waals surface area contributed by atoms with E-state index in [1.165, 1.54) is 12.0 Å². The Labute approximate surface area is 206 Å². The minimum atomic E-state index is -0.531. The molecule has 1 aliphatic rings. The van der Waals surface area contributed by atoms with Gasteiger partial charge in [-0.2, -0.15) is 0 Å². The zero-order chi connectivity index (χ0) is 23.6. The molecule has 0 saturated heterocycles. The van der Waals surface area contributed by atoms with Gasteiger partial charge in [0.2, 0.25) is 11.8 Å². The highest BCUT2D eigenvalue weighted by molar-refractivity contribution is 9.10. The second kappa shape index (κ2) is 12.8. The van der Waals surface area contributed by atoms with Crippen molar-refractivity contribution in [2.45, 2.75) is 77.4 Å². The summed E-state index contributed by atoms with van der Waals surface area (Å²) in [4.78, 5) is 27.9. The minimum absolute atomic E-state index is 0.0335. The summed E-state index contributed by atoms with van der Waals surface area (Å²) >= 11 is 3.50. The summed E-state index contributed by atoms with van der Waals surface area (Å²) in [5.74, 6) is 0.703. The van der Waals surface area contributed by atoms with E-state index in [2.05, 4.69) is 21.2 Å². The molecule has 1 aliphatic carbocycles. The van der Waals surface area contributed by atoms with Gasteiger partial charge in [0.05, 0.1) is 6.61 Å². The Hall–Kier alpha value is -2.34. The molecule has 2 aromatic rings. The van der Waals surface area contributed by atoms with Gasteiger partial charge in [-0.15, -0.1) is 0 Å². The first-order valence-electron chi connectivity index (χ1n) is 12.0. The molecule has 2 amide bonds. The highest BCUT2D eigenvalue weighted by Gasteiger charge is 2.27. The maximum atomic E-state index is 13.2. The molecule has 0 aromatic heterocycles. The van der Waals surface area contributed by atoms with Crippen molar-refractivity contribution in [2.24, 2.45) is 0 Å². The number of nitrogens with zero attached hydrogens (tertiary/aromatic N) is 1. The highest BCUT2D eigenvalue weighted by atomic mass is 79.9. The minimum Gasteiger partial charge on any atom is -0.494 e. The Kier molecular flexibility index (Phi) is 9.79. The Morgan fingerprint density at radius 1 is 1.12 bits per heavy atom. The van der Waals surface area contributed by atoms with Crippen LogP contribution in [0.5, 0.6) is 5.75 Å². The van der Waals surface area contributed by atoms with Crippen molar-refractivity contribution >= 4 is 27.7 Å². The second-order valence-corrected chi connectivity index (χ2v) is 9.85. The number of aryl methyl sites for hydroxylation is 1. The van der Waals surface area contributed by atoms with Crippen LogP contribution in [-0.2, 0) is 16.1 Å². The van der Waals surface area contributed by atoms with Crippen LogP contribution in [-0.4, -0.2) is 35.4 Å². The van der Waals surface area contributed by atoms with Crippen LogP contribution in [0.15, 0.2) is 53.0 Å². The van der Waals surface area contributed by atoms with E-state index >= 15 is 0 Å². The smallest absolute Gasteiger partial charge is 0.242 e. The predicted molar refractivity (Wildman–Crippen MR) is 135 cm³/mol. The molecule has 1 saturated carbocycles. The molecular formula is C27H35BrN2O3. The van der Waals surface area contributed by atoms with E-state index in [1.54, 1.807) is 4.90 Å². The lowest BCUT2D eigenvalue weighted by atomic mass is 9.95. The highest BCUT2D eigenvalue weighted by Crippen LogP contribution is 2.20. The number of halogens is 1. The summed E-state index contributed by atoms with van der Waals surface area (Å²) in [5, 5.41) is 3.18. The molecule has 6 heteroatoms. The predicted octanol–water partition coefficient (Wildman–Crippen LogP) is 5.78. The normalized spacial score (nSPS) is 15.0. The summed E-state index contributed by atoms with van der Waals surface area (Å²) in [6.07, 6.45) is 6.52. The number of carbonyl (C=O) groups is 2. The van der Waals surface area contributed by atoms with Crippen LogP contribution in [0, 0.1) is 6.92 Å². The number of ether oxygens (including phenoxy) is 1. The number of benzene rings is 2. The molecule has 33 heavy (non-hydrogen) atoms. The molecule has 1 N–H and O–H groups in total. The Balaban J connectivity index is 1.60. The fraction of sp³-hybridized carbons (Fsp3) is 0.481. The van der Waals surface area contributed by atoms with Crippen LogP contribution < -0.4 is 10.1 Å². The first kappa shape index (κ1) is 25.3. The molecule has 0 aliphatic heterocycles. The Morgan fingerprint density at radius 3 is 2.55 bits per heavy atom. The SMILES string of the molecule is Cc1ccc(OCCCC(=O)N(Cc2cccc(Br)c2)C(C)C(=O)NC2CCCCC2)cc1. The van der Waals surface area contributed by atoms with E-state index in [-0.39, 0.29) is 17.9 Å².